The van der Waals surface area contributed by atoms with Crippen LogP contribution in [0.3, 0.4) is 0 Å². The zero-order valence-corrected chi connectivity index (χ0v) is 12.4. The molecule has 0 spiro atoms. The van der Waals surface area contributed by atoms with E-state index in [9.17, 15) is 0 Å². The molecule has 6 heteroatoms. The zero-order chi connectivity index (χ0) is 13.8. The molecule has 1 N–H and O–H groups in total. The first-order valence-corrected chi connectivity index (χ1v) is 6.90. The van der Waals surface area contributed by atoms with Crippen molar-refractivity contribution < 1.29 is 0 Å². The summed E-state index contributed by atoms with van der Waals surface area (Å²) >= 11 is 6.26. The minimum atomic E-state index is 0.741. The maximum Gasteiger partial charge on any atom is 0.0860 e. The average molecular weight is 282 g/mol. The second-order valence-corrected chi connectivity index (χ2v) is 4.91. The van der Waals surface area contributed by atoms with Crippen LogP contribution in [0.4, 0.5) is 0 Å². The van der Waals surface area contributed by atoms with Crippen LogP contribution in [0.25, 0.3) is 0 Å². The van der Waals surface area contributed by atoms with Gasteiger partial charge in [-0.2, -0.15) is 10.2 Å². The molecule has 0 radical (unpaired) electrons. The first-order valence-electron chi connectivity index (χ1n) is 6.52. The maximum atomic E-state index is 6.26. The monoisotopic (exact) mass is 281 g/mol. The highest BCUT2D eigenvalue weighted by atomic mass is 35.5. The Morgan fingerprint density at radius 1 is 1.42 bits per heavy atom. The Labute approximate surface area is 118 Å². The molecule has 0 fully saturated rings. The highest BCUT2D eigenvalue weighted by Crippen LogP contribution is 2.19. The summed E-state index contributed by atoms with van der Waals surface area (Å²) in [6, 6.07) is 2.04. The summed E-state index contributed by atoms with van der Waals surface area (Å²) < 4.78 is 3.85. The molecule has 2 aromatic heterocycles. The first kappa shape index (κ1) is 14.1. The van der Waals surface area contributed by atoms with E-state index in [0.29, 0.717) is 0 Å². The third-order valence-electron chi connectivity index (χ3n) is 3.23. The molecule has 2 aromatic rings. The molecular weight excluding hydrogens is 262 g/mol. The summed E-state index contributed by atoms with van der Waals surface area (Å²) in [4.78, 5) is 0. The lowest BCUT2D eigenvalue weighted by Crippen LogP contribution is -2.20. The molecule has 104 valence electrons. The number of nitrogens with one attached hydrogen (secondary N) is 1. The van der Waals surface area contributed by atoms with Gasteiger partial charge >= 0.3 is 0 Å². The van der Waals surface area contributed by atoms with Gasteiger partial charge in [-0.05, 0) is 19.9 Å². The second kappa shape index (κ2) is 6.21. The Bertz CT molecular complexity index is 543. The number of nitrogens with zero attached hydrogens (tertiary/aromatic N) is 4. The zero-order valence-electron chi connectivity index (χ0n) is 11.6. The highest BCUT2D eigenvalue weighted by Gasteiger charge is 2.11. The fourth-order valence-corrected chi connectivity index (χ4v) is 2.31. The SMILES string of the molecule is CCn1nc(C)c(Cl)c1CNCCc1ccnn1C. The molecule has 2 heterocycles. The van der Waals surface area contributed by atoms with Crippen molar-refractivity contribution in [3.8, 4) is 0 Å². The van der Waals surface area contributed by atoms with E-state index in [0.717, 1.165) is 42.5 Å². The highest BCUT2D eigenvalue weighted by molar-refractivity contribution is 6.31. The third-order valence-corrected chi connectivity index (χ3v) is 3.72. The van der Waals surface area contributed by atoms with Crippen LogP contribution >= 0.6 is 11.6 Å². The third kappa shape index (κ3) is 3.16. The molecule has 0 aromatic carbocycles. The molecule has 19 heavy (non-hydrogen) atoms. The Morgan fingerprint density at radius 3 is 2.84 bits per heavy atom. The molecule has 0 aliphatic heterocycles. The van der Waals surface area contributed by atoms with E-state index in [-0.39, 0.29) is 0 Å². The summed E-state index contributed by atoms with van der Waals surface area (Å²) in [6.45, 7) is 6.48. The van der Waals surface area contributed by atoms with Crippen LogP contribution in [0, 0.1) is 6.92 Å². The average Bonchev–Trinajstić information content (AvgIpc) is 2.92. The minimum absolute atomic E-state index is 0.741. The lowest BCUT2D eigenvalue weighted by molar-refractivity contribution is 0.574. The van der Waals surface area contributed by atoms with Gasteiger partial charge in [0.2, 0.25) is 0 Å². The van der Waals surface area contributed by atoms with Crippen LogP contribution in [-0.2, 0) is 26.6 Å². The predicted molar refractivity (Wildman–Crippen MR) is 76.3 cm³/mol. The second-order valence-electron chi connectivity index (χ2n) is 4.53. The Morgan fingerprint density at radius 2 is 2.21 bits per heavy atom. The van der Waals surface area contributed by atoms with E-state index < -0.39 is 0 Å². The van der Waals surface area contributed by atoms with E-state index in [1.807, 2.05) is 35.6 Å². The number of aromatic nitrogens is 4. The summed E-state index contributed by atoms with van der Waals surface area (Å²) in [5.41, 5.74) is 3.18. The van der Waals surface area contributed by atoms with Crippen LogP contribution in [0.1, 0.15) is 24.0 Å². The smallest absolute Gasteiger partial charge is 0.0860 e. The van der Waals surface area contributed by atoms with Crippen molar-refractivity contribution >= 4 is 11.6 Å². The van der Waals surface area contributed by atoms with Crippen molar-refractivity contribution in [1.82, 2.24) is 24.9 Å². The largest absolute Gasteiger partial charge is 0.311 e. The Kier molecular flexibility index (Phi) is 4.61. The van der Waals surface area contributed by atoms with E-state index >= 15 is 0 Å². The molecule has 0 saturated heterocycles. The van der Waals surface area contributed by atoms with Gasteiger partial charge in [-0.1, -0.05) is 11.6 Å². The molecule has 0 atom stereocenters. The standard InChI is InChI=1S/C13H20ClN5/c1-4-19-12(13(14)10(2)17-19)9-15-7-5-11-6-8-16-18(11)3/h6,8,15H,4-5,7,9H2,1-3H3. The predicted octanol–water partition coefficient (Wildman–Crippen LogP) is 1.93. The topological polar surface area (TPSA) is 47.7 Å². The molecule has 0 unspecified atom stereocenters. The molecule has 2 rings (SSSR count). The van der Waals surface area contributed by atoms with Gasteiger partial charge < -0.3 is 5.32 Å². The summed E-state index contributed by atoms with van der Waals surface area (Å²) in [6.07, 6.45) is 2.77. The minimum Gasteiger partial charge on any atom is -0.311 e. The Balaban J connectivity index is 1.88. The van der Waals surface area contributed by atoms with Gasteiger partial charge in [0, 0.05) is 45.0 Å². The van der Waals surface area contributed by atoms with Crippen LogP contribution < -0.4 is 5.32 Å². The van der Waals surface area contributed by atoms with Crippen molar-refractivity contribution in [3.05, 3.63) is 34.4 Å². The van der Waals surface area contributed by atoms with Crippen LogP contribution in [0.15, 0.2) is 12.3 Å². The number of halogens is 1. The van der Waals surface area contributed by atoms with Gasteiger partial charge in [0.15, 0.2) is 0 Å². The van der Waals surface area contributed by atoms with E-state index in [4.69, 9.17) is 11.6 Å². The van der Waals surface area contributed by atoms with Crippen LogP contribution in [0.5, 0.6) is 0 Å². The first-order chi connectivity index (χ1) is 9.13. The lowest BCUT2D eigenvalue weighted by atomic mass is 10.3. The van der Waals surface area contributed by atoms with E-state index in [1.165, 1.54) is 5.69 Å². The van der Waals surface area contributed by atoms with Crippen LogP contribution in [0.2, 0.25) is 5.02 Å². The van der Waals surface area contributed by atoms with Gasteiger partial charge in [-0.25, -0.2) is 0 Å². The molecule has 0 aliphatic rings. The quantitative estimate of drug-likeness (QED) is 0.823. The summed E-state index contributed by atoms with van der Waals surface area (Å²) in [7, 11) is 1.96. The van der Waals surface area contributed by atoms with Crippen molar-refractivity contribution in [2.45, 2.75) is 33.4 Å². The molecular formula is C13H20ClN5. The van der Waals surface area contributed by atoms with Crippen molar-refractivity contribution in [2.75, 3.05) is 6.54 Å². The van der Waals surface area contributed by atoms with E-state index in [1.54, 1.807) is 0 Å². The normalized spacial score (nSPS) is 11.2. The number of hydrogen-bond donors (Lipinski definition) is 1. The lowest BCUT2D eigenvalue weighted by Gasteiger charge is -2.07. The molecule has 0 bridgehead atoms. The molecule has 0 amide bonds. The maximum absolute atomic E-state index is 6.26. The van der Waals surface area contributed by atoms with Crippen molar-refractivity contribution in [3.63, 3.8) is 0 Å². The number of rotatable bonds is 6. The van der Waals surface area contributed by atoms with Gasteiger partial charge in [-0.3, -0.25) is 9.36 Å². The summed E-state index contributed by atoms with van der Waals surface area (Å²) in [5, 5.41) is 12.7. The Hall–Kier alpha value is -1.33. The van der Waals surface area contributed by atoms with Gasteiger partial charge in [-0.15, -0.1) is 0 Å². The van der Waals surface area contributed by atoms with Gasteiger partial charge in [0.25, 0.3) is 0 Å². The molecule has 5 nitrogen and oxygen atoms in total. The van der Waals surface area contributed by atoms with Gasteiger partial charge in [0.05, 0.1) is 16.4 Å². The fraction of sp³-hybridized carbons (Fsp3) is 0.538. The van der Waals surface area contributed by atoms with Crippen LogP contribution in [-0.4, -0.2) is 26.1 Å². The fourth-order valence-electron chi connectivity index (χ4n) is 2.11. The van der Waals surface area contributed by atoms with Crippen molar-refractivity contribution in [1.29, 1.82) is 0 Å². The summed E-state index contributed by atoms with van der Waals surface area (Å²) in [5.74, 6) is 0. The van der Waals surface area contributed by atoms with Crippen molar-refractivity contribution in [2.24, 2.45) is 7.05 Å². The van der Waals surface area contributed by atoms with Gasteiger partial charge in [0.1, 0.15) is 0 Å². The molecule has 0 saturated carbocycles. The number of hydrogen-bond acceptors (Lipinski definition) is 3. The van der Waals surface area contributed by atoms with E-state index in [2.05, 4.69) is 22.4 Å². The molecule has 0 aliphatic carbocycles. The number of aryl methyl sites for hydroxylation is 3.